The number of nitrogens with zero attached hydrogens (tertiary/aromatic N) is 2. The number of hydrogen-bond donors (Lipinski definition) is 3. The van der Waals surface area contributed by atoms with Gasteiger partial charge in [-0.3, -0.25) is 20.0 Å². The van der Waals surface area contributed by atoms with E-state index in [1.807, 2.05) is 47.4 Å². The summed E-state index contributed by atoms with van der Waals surface area (Å²) in [5.74, 6) is 0.811. The Morgan fingerprint density at radius 2 is 1.42 bits per heavy atom. The number of amides is 1. The molecule has 52 heavy (non-hydrogen) atoms. The van der Waals surface area contributed by atoms with Crippen molar-refractivity contribution in [1.82, 2.24) is 15.3 Å². The van der Waals surface area contributed by atoms with Gasteiger partial charge >= 0.3 is 0 Å². The van der Waals surface area contributed by atoms with Gasteiger partial charge in [-0.2, -0.15) is 0 Å². The van der Waals surface area contributed by atoms with Crippen LogP contribution in [-0.4, -0.2) is 83.2 Å². The number of ether oxygens (including phenoxy) is 2. The van der Waals surface area contributed by atoms with E-state index < -0.39 is 22.8 Å². The van der Waals surface area contributed by atoms with Crippen molar-refractivity contribution in [2.24, 2.45) is 0 Å². The van der Waals surface area contributed by atoms with Crippen molar-refractivity contribution in [1.29, 1.82) is 0 Å². The van der Waals surface area contributed by atoms with E-state index >= 15 is 0 Å². The van der Waals surface area contributed by atoms with Gasteiger partial charge in [-0.15, -0.1) is 0 Å². The van der Waals surface area contributed by atoms with Crippen molar-refractivity contribution in [3.05, 3.63) is 99.5 Å². The number of benzene rings is 3. The molecule has 1 aliphatic carbocycles. The lowest BCUT2D eigenvalue weighted by atomic mass is 9.81. The third-order valence-corrected chi connectivity index (χ3v) is 11.8. The minimum atomic E-state index is -1.74. The maximum Gasteiger partial charge on any atom is 0.263 e. The van der Waals surface area contributed by atoms with E-state index in [0.29, 0.717) is 71.6 Å². The molecule has 2 unspecified atom stereocenters. The van der Waals surface area contributed by atoms with Gasteiger partial charge in [0.25, 0.3) is 5.91 Å². The number of methoxy groups -OCH3 is 1. The Labute approximate surface area is 314 Å². The van der Waals surface area contributed by atoms with Crippen LogP contribution in [0.25, 0.3) is 5.70 Å². The summed E-state index contributed by atoms with van der Waals surface area (Å²) in [7, 11) is 1.60. The Hall–Kier alpha value is -3.64. The molecule has 2 atom stereocenters. The molecule has 4 aliphatic rings. The molecule has 3 aromatic rings. The van der Waals surface area contributed by atoms with Crippen LogP contribution >= 0.6 is 23.2 Å². The van der Waals surface area contributed by atoms with Crippen LogP contribution in [0.2, 0.25) is 10.0 Å². The number of aldehydes is 1. The number of rotatable bonds is 10. The molecule has 0 aromatic heterocycles. The number of piperidine rings is 2. The number of likely N-dealkylation sites (tertiary alicyclic amines) is 2. The molecule has 0 spiro atoms. The summed E-state index contributed by atoms with van der Waals surface area (Å²) >= 11 is 12.2. The molecule has 0 bridgehead atoms. The van der Waals surface area contributed by atoms with Gasteiger partial charge in [0.2, 0.25) is 5.60 Å². The zero-order chi connectivity index (χ0) is 36.5. The molecule has 3 aliphatic heterocycles. The zero-order valence-electron chi connectivity index (χ0n) is 29.2. The fourth-order valence-electron chi connectivity index (χ4n) is 8.11. The van der Waals surface area contributed by atoms with Crippen molar-refractivity contribution in [3.8, 4) is 11.5 Å². The van der Waals surface area contributed by atoms with Gasteiger partial charge in [0.05, 0.1) is 30.1 Å². The highest BCUT2D eigenvalue weighted by Crippen LogP contribution is 2.41. The summed E-state index contributed by atoms with van der Waals surface area (Å²) < 4.78 is 12.0. The number of halogens is 2. The van der Waals surface area contributed by atoms with Gasteiger partial charge in [-0.25, -0.2) is 0 Å². The molecule has 3 aromatic carbocycles. The first-order chi connectivity index (χ1) is 25.1. The van der Waals surface area contributed by atoms with Crippen molar-refractivity contribution >= 4 is 41.1 Å². The molecule has 2 saturated heterocycles. The standard InChI is InChI=1S/C40H45Cl2N3O7/c1-50-34-15-6-27(24-35(34)51-32-4-2-3-5-32)33-25-40(52-43-33,37(47)45-22-18-39(49,19-23-45)29-9-13-31(42)14-10-29)36(26-46)44-20-16-38(48,17-21-44)28-7-11-30(41)12-8-28/h6-15,24-26,32,36,43,48-49H,2-5,16-23H2,1H3. The second-order valence-corrected chi connectivity index (χ2v) is 15.3. The van der Waals surface area contributed by atoms with Crippen LogP contribution in [0, 0.1) is 0 Å². The van der Waals surface area contributed by atoms with Crippen LogP contribution in [0.1, 0.15) is 68.1 Å². The van der Waals surface area contributed by atoms with Crippen molar-refractivity contribution in [2.75, 3.05) is 33.3 Å². The normalized spacial score (nSPS) is 23.8. The quantitative estimate of drug-likeness (QED) is 0.215. The van der Waals surface area contributed by atoms with Crippen molar-refractivity contribution < 1.29 is 34.1 Å². The molecule has 12 heteroatoms. The second-order valence-electron chi connectivity index (χ2n) is 14.4. The SMILES string of the molecule is COc1ccc(C2=CC(C(=O)N3CCC(O)(c4ccc(Cl)cc4)CC3)(C(C=O)N3CCC(O)(c4ccc(Cl)cc4)CC3)ON2)cc1OC1CCCC1. The van der Waals surface area contributed by atoms with E-state index in [0.717, 1.165) is 43.1 Å². The number of aliphatic hydroxyl groups is 2. The van der Waals surface area contributed by atoms with Crippen LogP contribution in [0.3, 0.4) is 0 Å². The molecular formula is C40H45Cl2N3O7. The van der Waals surface area contributed by atoms with E-state index in [2.05, 4.69) is 5.48 Å². The average Bonchev–Trinajstić information content (AvgIpc) is 3.85. The third kappa shape index (κ3) is 7.17. The van der Waals surface area contributed by atoms with E-state index in [1.54, 1.807) is 42.4 Å². The number of nitrogens with one attached hydrogen (secondary N) is 1. The van der Waals surface area contributed by atoms with E-state index in [-0.39, 0.29) is 25.1 Å². The van der Waals surface area contributed by atoms with Gasteiger partial charge in [-0.1, -0.05) is 47.5 Å². The predicted octanol–water partition coefficient (Wildman–Crippen LogP) is 6.00. The maximum absolute atomic E-state index is 14.8. The van der Waals surface area contributed by atoms with Gasteiger partial charge in [0.1, 0.15) is 12.3 Å². The monoisotopic (exact) mass is 749 g/mol. The van der Waals surface area contributed by atoms with E-state index in [9.17, 15) is 19.8 Å². The number of hydrogen-bond acceptors (Lipinski definition) is 9. The Balaban J connectivity index is 1.19. The lowest BCUT2D eigenvalue weighted by Gasteiger charge is -2.46. The van der Waals surface area contributed by atoms with Crippen LogP contribution in [0.4, 0.5) is 0 Å². The maximum atomic E-state index is 14.8. The summed E-state index contributed by atoms with van der Waals surface area (Å²) in [6.07, 6.45) is 8.02. The summed E-state index contributed by atoms with van der Waals surface area (Å²) in [5.41, 5.74) is 1.73. The van der Waals surface area contributed by atoms with Crippen LogP contribution in [0.15, 0.2) is 72.8 Å². The summed E-state index contributed by atoms with van der Waals surface area (Å²) in [5, 5.41) is 24.4. The molecule has 3 heterocycles. The first kappa shape index (κ1) is 36.7. The fraction of sp³-hybridized carbons (Fsp3) is 0.450. The van der Waals surface area contributed by atoms with Gasteiger partial charge in [-0.05, 0) is 111 Å². The molecule has 10 nitrogen and oxygen atoms in total. The highest BCUT2D eigenvalue weighted by molar-refractivity contribution is 6.30. The Kier molecular flexibility index (Phi) is 10.6. The van der Waals surface area contributed by atoms with Crippen molar-refractivity contribution in [2.45, 2.75) is 80.3 Å². The number of hydroxylamine groups is 1. The van der Waals surface area contributed by atoms with Crippen LogP contribution in [0.5, 0.6) is 11.5 Å². The minimum Gasteiger partial charge on any atom is -0.493 e. The first-order valence-corrected chi connectivity index (χ1v) is 18.8. The Morgan fingerprint density at radius 3 is 1.96 bits per heavy atom. The van der Waals surface area contributed by atoms with E-state index in [1.165, 1.54) is 0 Å². The van der Waals surface area contributed by atoms with Crippen molar-refractivity contribution in [3.63, 3.8) is 0 Å². The second kappa shape index (κ2) is 15.0. The fourth-order valence-corrected chi connectivity index (χ4v) is 8.36. The number of carbonyl (C=O) groups is 2. The smallest absolute Gasteiger partial charge is 0.263 e. The Morgan fingerprint density at radius 1 is 0.865 bits per heavy atom. The van der Waals surface area contributed by atoms with Gasteiger partial charge in [0.15, 0.2) is 11.5 Å². The Bertz CT molecular complexity index is 1780. The minimum absolute atomic E-state index is 0.0993. The van der Waals surface area contributed by atoms with Crippen LogP contribution in [-0.2, 0) is 25.6 Å². The predicted molar refractivity (Wildman–Crippen MR) is 198 cm³/mol. The third-order valence-electron chi connectivity index (χ3n) is 11.3. The molecule has 1 amide bonds. The van der Waals surface area contributed by atoms with Gasteiger partial charge in [0, 0.05) is 41.8 Å². The number of carbonyl (C=O) groups excluding carboxylic acids is 2. The summed E-state index contributed by atoms with van der Waals surface area (Å²) in [6, 6.07) is 18.8. The summed E-state index contributed by atoms with van der Waals surface area (Å²) in [4.78, 5) is 38.0. The van der Waals surface area contributed by atoms with E-state index in [4.69, 9.17) is 37.5 Å². The topological polar surface area (TPSA) is 121 Å². The summed E-state index contributed by atoms with van der Waals surface area (Å²) in [6.45, 7) is 1.16. The van der Waals surface area contributed by atoms with Gasteiger partial charge < -0.3 is 29.4 Å². The highest BCUT2D eigenvalue weighted by Gasteiger charge is 2.55. The molecule has 7 rings (SSSR count). The van der Waals surface area contributed by atoms with Crippen LogP contribution < -0.4 is 15.0 Å². The molecule has 3 fully saturated rings. The molecular weight excluding hydrogens is 705 g/mol. The lowest BCUT2D eigenvalue weighted by Crippen LogP contribution is -2.64. The molecule has 276 valence electrons. The lowest BCUT2D eigenvalue weighted by molar-refractivity contribution is -0.172. The molecule has 3 N–H and O–H groups in total. The first-order valence-electron chi connectivity index (χ1n) is 18.0. The highest BCUT2D eigenvalue weighted by atomic mass is 35.5. The molecule has 0 radical (unpaired) electrons. The zero-order valence-corrected chi connectivity index (χ0v) is 30.7. The molecule has 1 saturated carbocycles. The largest absolute Gasteiger partial charge is 0.493 e. The average molecular weight is 751 g/mol.